The van der Waals surface area contributed by atoms with Crippen molar-refractivity contribution in [3.05, 3.63) is 60.3 Å². The summed E-state index contributed by atoms with van der Waals surface area (Å²) in [5.74, 6) is -1.67. The topological polar surface area (TPSA) is 66.4 Å². The summed E-state index contributed by atoms with van der Waals surface area (Å²) in [6.07, 6.45) is 2.53. The van der Waals surface area contributed by atoms with Crippen molar-refractivity contribution in [2.45, 2.75) is 0 Å². The molecule has 16 heavy (non-hydrogen) atoms. The lowest BCUT2D eigenvalue weighted by atomic mass is 10.2. The number of benzene rings is 1. The van der Waals surface area contributed by atoms with Crippen molar-refractivity contribution in [2.75, 3.05) is 0 Å². The molecule has 0 spiro atoms. The zero-order valence-electron chi connectivity index (χ0n) is 8.51. The molecule has 2 N–H and O–H groups in total. The van der Waals surface area contributed by atoms with Gasteiger partial charge in [-0.2, -0.15) is 0 Å². The van der Waals surface area contributed by atoms with Crippen molar-refractivity contribution in [1.82, 2.24) is 5.32 Å². The Bertz CT molecular complexity index is 435. The number of carbonyl (C=O) groups is 2. The van der Waals surface area contributed by atoms with E-state index in [4.69, 9.17) is 5.11 Å². The first kappa shape index (κ1) is 11.7. The molecule has 0 atom stereocenters. The highest BCUT2D eigenvalue weighted by molar-refractivity contribution is 6.00. The van der Waals surface area contributed by atoms with Gasteiger partial charge < -0.3 is 10.4 Å². The Morgan fingerprint density at radius 2 is 1.88 bits per heavy atom. The standard InChI is InChI=1S/C12H11NO3/c1-2-6-10(12(15)16)13-11(14)9-7-4-3-5-8-9/h2-8H,1H2,(H,13,14)(H,15,16). The molecular weight excluding hydrogens is 206 g/mol. The highest BCUT2D eigenvalue weighted by Crippen LogP contribution is 2.00. The van der Waals surface area contributed by atoms with Crippen LogP contribution in [0.25, 0.3) is 0 Å². The van der Waals surface area contributed by atoms with Gasteiger partial charge in [0.2, 0.25) is 0 Å². The van der Waals surface area contributed by atoms with E-state index < -0.39 is 11.9 Å². The Morgan fingerprint density at radius 1 is 1.25 bits per heavy atom. The molecule has 4 heteroatoms. The van der Waals surface area contributed by atoms with Gasteiger partial charge in [0.25, 0.3) is 5.91 Å². The number of allylic oxidation sites excluding steroid dienone is 2. The Kier molecular flexibility index (Phi) is 4.03. The van der Waals surface area contributed by atoms with Gasteiger partial charge in [0.1, 0.15) is 5.70 Å². The summed E-state index contributed by atoms with van der Waals surface area (Å²) in [7, 11) is 0. The fourth-order valence-corrected chi connectivity index (χ4v) is 1.07. The Labute approximate surface area is 92.9 Å². The van der Waals surface area contributed by atoms with E-state index in [-0.39, 0.29) is 5.70 Å². The quantitative estimate of drug-likeness (QED) is 0.594. The third-order valence-corrected chi connectivity index (χ3v) is 1.80. The molecule has 1 aromatic carbocycles. The predicted octanol–water partition coefficient (Wildman–Crippen LogP) is 1.57. The van der Waals surface area contributed by atoms with Gasteiger partial charge in [-0.3, -0.25) is 4.79 Å². The first-order valence-corrected chi connectivity index (χ1v) is 4.57. The highest BCUT2D eigenvalue weighted by Gasteiger charge is 2.11. The lowest BCUT2D eigenvalue weighted by Crippen LogP contribution is -2.27. The van der Waals surface area contributed by atoms with Gasteiger partial charge in [-0.25, -0.2) is 4.79 Å². The van der Waals surface area contributed by atoms with Crippen molar-refractivity contribution in [3.8, 4) is 0 Å². The van der Waals surface area contributed by atoms with Crippen LogP contribution in [-0.2, 0) is 4.79 Å². The molecule has 1 amide bonds. The van der Waals surface area contributed by atoms with E-state index in [1.807, 2.05) is 0 Å². The van der Waals surface area contributed by atoms with Crippen LogP contribution in [0.1, 0.15) is 10.4 Å². The summed E-state index contributed by atoms with van der Waals surface area (Å²) in [5.41, 5.74) is 0.197. The second-order valence-electron chi connectivity index (χ2n) is 2.94. The van der Waals surface area contributed by atoms with E-state index in [0.29, 0.717) is 5.56 Å². The number of carboxylic acid groups (broad SMARTS) is 1. The Morgan fingerprint density at radius 3 is 2.38 bits per heavy atom. The Hall–Kier alpha value is -2.36. The highest BCUT2D eigenvalue weighted by atomic mass is 16.4. The zero-order valence-corrected chi connectivity index (χ0v) is 8.51. The first-order chi connectivity index (χ1) is 7.65. The van der Waals surface area contributed by atoms with E-state index in [2.05, 4.69) is 11.9 Å². The molecule has 0 fully saturated rings. The van der Waals surface area contributed by atoms with Gasteiger partial charge in [-0.1, -0.05) is 30.9 Å². The fourth-order valence-electron chi connectivity index (χ4n) is 1.07. The summed E-state index contributed by atoms with van der Waals surface area (Å²) in [6.45, 7) is 3.37. The van der Waals surface area contributed by atoms with E-state index in [1.54, 1.807) is 30.3 Å². The maximum absolute atomic E-state index is 11.6. The molecule has 0 aliphatic heterocycles. The first-order valence-electron chi connectivity index (χ1n) is 4.57. The molecule has 0 aliphatic rings. The van der Waals surface area contributed by atoms with Crippen molar-refractivity contribution >= 4 is 11.9 Å². The summed E-state index contributed by atoms with van der Waals surface area (Å²) in [5, 5.41) is 11.1. The molecule has 1 rings (SSSR count). The SMILES string of the molecule is C=CC=C(NC(=O)c1ccccc1)C(=O)O. The zero-order chi connectivity index (χ0) is 12.0. The van der Waals surface area contributed by atoms with Gasteiger partial charge >= 0.3 is 5.97 Å². The smallest absolute Gasteiger partial charge is 0.352 e. The summed E-state index contributed by atoms with van der Waals surface area (Å²) in [4.78, 5) is 22.3. The number of carbonyl (C=O) groups excluding carboxylic acids is 1. The third-order valence-electron chi connectivity index (χ3n) is 1.80. The molecule has 0 saturated carbocycles. The lowest BCUT2D eigenvalue weighted by Gasteiger charge is -2.04. The molecule has 0 aromatic heterocycles. The molecular formula is C12H11NO3. The maximum atomic E-state index is 11.6. The maximum Gasteiger partial charge on any atom is 0.352 e. The van der Waals surface area contributed by atoms with Gasteiger partial charge in [0.15, 0.2) is 0 Å². The van der Waals surface area contributed by atoms with Crippen LogP contribution in [0.15, 0.2) is 54.8 Å². The van der Waals surface area contributed by atoms with E-state index in [9.17, 15) is 9.59 Å². The minimum atomic E-state index is -1.20. The van der Waals surface area contributed by atoms with Crippen LogP contribution in [-0.4, -0.2) is 17.0 Å². The van der Waals surface area contributed by atoms with Crippen LogP contribution < -0.4 is 5.32 Å². The lowest BCUT2D eigenvalue weighted by molar-refractivity contribution is -0.133. The Balaban J connectivity index is 2.82. The number of hydrogen-bond acceptors (Lipinski definition) is 2. The van der Waals surface area contributed by atoms with Gasteiger partial charge in [0, 0.05) is 5.56 Å². The monoisotopic (exact) mass is 217 g/mol. The van der Waals surface area contributed by atoms with Crippen molar-refractivity contribution in [1.29, 1.82) is 0 Å². The van der Waals surface area contributed by atoms with Gasteiger partial charge in [-0.05, 0) is 18.2 Å². The van der Waals surface area contributed by atoms with Crippen LogP contribution in [0.3, 0.4) is 0 Å². The largest absolute Gasteiger partial charge is 0.477 e. The van der Waals surface area contributed by atoms with Crippen molar-refractivity contribution in [3.63, 3.8) is 0 Å². The average molecular weight is 217 g/mol. The fraction of sp³-hybridized carbons (Fsp3) is 0. The van der Waals surface area contributed by atoms with E-state index in [1.165, 1.54) is 12.2 Å². The third kappa shape index (κ3) is 3.09. The van der Waals surface area contributed by atoms with Crippen molar-refractivity contribution < 1.29 is 14.7 Å². The van der Waals surface area contributed by atoms with Crippen LogP contribution >= 0.6 is 0 Å². The molecule has 0 bridgehead atoms. The van der Waals surface area contributed by atoms with Crippen LogP contribution in [0, 0.1) is 0 Å². The molecule has 0 unspecified atom stereocenters. The van der Waals surface area contributed by atoms with Crippen molar-refractivity contribution in [2.24, 2.45) is 0 Å². The van der Waals surface area contributed by atoms with Crippen LogP contribution in [0.2, 0.25) is 0 Å². The summed E-state index contributed by atoms with van der Waals surface area (Å²) in [6, 6.07) is 8.37. The number of hydrogen-bond donors (Lipinski definition) is 2. The second-order valence-corrected chi connectivity index (χ2v) is 2.94. The molecule has 82 valence electrons. The van der Waals surface area contributed by atoms with Gasteiger partial charge in [0.05, 0.1) is 0 Å². The van der Waals surface area contributed by atoms with E-state index in [0.717, 1.165) is 0 Å². The summed E-state index contributed by atoms with van der Waals surface area (Å²) >= 11 is 0. The second kappa shape index (κ2) is 5.50. The minimum absolute atomic E-state index is 0.205. The number of rotatable bonds is 4. The molecule has 0 radical (unpaired) electrons. The number of carboxylic acids is 1. The number of amides is 1. The van der Waals surface area contributed by atoms with Crippen LogP contribution in [0.4, 0.5) is 0 Å². The van der Waals surface area contributed by atoms with Crippen LogP contribution in [0.5, 0.6) is 0 Å². The minimum Gasteiger partial charge on any atom is -0.477 e. The molecule has 0 aliphatic carbocycles. The van der Waals surface area contributed by atoms with Gasteiger partial charge in [-0.15, -0.1) is 0 Å². The normalized spacial score (nSPS) is 10.6. The molecule has 0 heterocycles. The molecule has 1 aromatic rings. The number of nitrogens with one attached hydrogen (secondary N) is 1. The summed E-state index contributed by atoms with van der Waals surface area (Å²) < 4.78 is 0. The number of aliphatic carboxylic acids is 1. The molecule has 0 saturated heterocycles. The predicted molar refractivity (Wildman–Crippen MR) is 59.8 cm³/mol. The molecule has 4 nitrogen and oxygen atoms in total. The van der Waals surface area contributed by atoms with E-state index >= 15 is 0 Å². The average Bonchev–Trinajstić information content (AvgIpc) is 2.29.